The molecule has 9 aromatic carbocycles. The zero-order valence-electron chi connectivity index (χ0n) is 43.7. The Kier molecular flexibility index (Phi) is 12.7. The summed E-state index contributed by atoms with van der Waals surface area (Å²) in [5.74, 6) is 1.36. The molecule has 0 aliphatic heterocycles. The number of hydrogen-bond donors (Lipinski definition) is 0. The van der Waals surface area contributed by atoms with Crippen LogP contribution in [-0.4, -0.2) is 14.5 Å². The molecule has 3 aromatic heterocycles. The molecule has 0 fully saturated rings. The third-order valence-electron chi connectivity index (χ3n) is 13.3. The van der Waals surface area contributed by atoms with Crippen LogP contribution in [-0.2, 0) is 26.5 Å². The Hall–Kier alpha value is -7.43. The van der Waals surface area contributed by atoms with Gasteiger partial charge in [0.2, 0.25) is 0 Å². The fraction of sp³-hybridized carbons (Fsp3) is 0.164. The second-order valence-corrected chi connectivity index (χ2v) is 20.1. The van der Waals surface area contributed by atoms with Gasteiger partial charge in [-0.05, 0) is 115 Å². The number of fused-ring (bicyclic) bond motifs is 8. The van der Waals surface area contributed by atoms with E-state index in [1.807, 2.05) is 63.2 Å². The summed E-state index contributed by atoms with van der Waals surface area (Å²) in [5, 5.41) is 6.81. The summed E-state index contributed by atoms with van der Waals surface area (Å²) >= 11 is 0. The van der Waals surface area contributed by atoms with Crippen molar-refractivity contribution >= 4 is 54.5 Å². The summed E-state index contributed by atoms with van der Waals surface area (Å²) in [4.78, 5) is 9.75. The molecule has 12 rings (SSSR count). The van der Waals surface area contributed by atoms with Crippen LogP contribution in [0.3, 0.4) is 0 Å². The van der Waals surface area contributed by atoms with Crippen molar-refractivity contribution in [2.75, 3.05) is 0 Å². The van der Waals surface area contributed by atoms with Crippen LogP contribution in [0.1, 0.15) is 79.7 Å². The fourth-order valence-electron chi connectivity index (χ4n) is 10.1. The second kappa shape index (κ2) is 20.0. The van der Waals surface area contributed by atoms with Gasteiger partial charge in [-0.3, -0.25) is 4.98 Å². The first kappa shape index (κ1) is 45.7. The molecule has 0 bridgehead atoms. The molecule has 3 heterocycles. The van der Waals surface area contributed by atoms with E-state index in [1.165, 1.54) is 49.8 Å². The van der Waals surface area contributed by atoms with Crippen molar-refractivity contribution < 1.29 is 27.3 Å². The van der Waals surface area contributed by atoms with E-state index < -0.39 is 11.8 Å². The summed E-state index contributed by atoms with van der Waals surface area (Å²) in [6.45, 7) is 14.9. The van der Waals surface area contributed by atoms with Gasteiger partial charge in [-0.2, -0.15) is 0 Å². The SMILES string of the molecule is CC(C)c1cc(-c2ccccc2)cc(C(C)C)c1-n1c(-c2[c-]ccc3c2oc2c3ccc3cc(-c4ccccc4)c4ccccc4c32)nc2ccccc21.[2H]C([2H])(c1ccc(-c2[c-]cccc2)nc1)C(C)(C)C.[Ir]. The summed E-state index contributed by atoms with van der Waals surface area (Å²) in [6, 6.07) is 72.3. The van der Waals surface area contributed by atoms with Crippen LogP contribution < -0.4 is 0 Å². The number of aromatic nitrogens is 3. The molecule has 0 amide bonds. The van der Waals surface area contributed by atoms with Crippen molar-refractivity contribution in [3.8, 4) is 50.6 Å². The Labute approximate surface area is 439 Å². The second-order valence-electron chi connectivity index (χ2n) is 20.1. The van der Waals surface area contributed by atoms with Gasteiger partial charge in [0.15, 0.2) is 0 Å². The van der Waals surface area contributed by atoms with Gasteiger partial charge in [-0.15, -0.1) is 54.1 Å². The number of hydrogen-bond acceptors (Lipinski definition) is 3. The molecule has 0 atom stereocenters. The third-order valence-corrected chi connectivity index (χ3v) is 13.3. The Morgan fingerprint density at radius 1 is 0.597 bits per heavy atom. The normalized spacial score (nSPS) is 12.3. The number of pyridine rings is 1. The van der Waals surface area contributed by atoms with Crippen molar-refractivity contribution in [2.24, 2.45) is 5.41 Å². The summed E-state index contributed by atoms with van der Waals surface area (Å²) < 4.78 is 25.9. The molecule has 0 spiro atoms. The van der Waals surface area contributed by atoms with E-state index in [0.717, 1.165) is 66.4 Å². The van der Waals surface area contributed by atoms with Crippen molar-refractivity contribution in [2.45, 2.75) is 66.7 Å². The van der Waals surface area contributed by atoms with Crippen LogP contribution >= 0.6 is 0 Å². The number of rotatable bonds is 8. The zero-order valence-corrected chi connectivity index (χ0v) is 44.1. The summed E-state index contributed by atoms with van der Waals surface area (Å²) in [5.41, 5.74) is 15.1. The van der Waals surface area contributed by atoms with E-state index in [4.69, 9.17) is 12.1 Å². The first-order valence-corrected chi connectivity index (χ1v) is 24.7. The summed E-state index contributed by atoms with van der Waals surface area (Å²) in [6.07, 6.45) is 0.223. The Morgan fingerprint density at radius 2 is 1.25 bits per heavy atom. The molecule has 5 heteroatoms. The molecular weight excluding hydrogens is 1050 g/mol. The van der Waals surface area contributed by atoms with Gasteiger partial charge in [0.05, 0.1) is 22.4 Å². The minimum atomic E-state index is -1.40. The fourth-order valence-corrected chi connectivity index (χ4v) is 10.1. The topological polar surface area (TPSA) is 43.9 Å². The predicted octanol–water partition coefficient (Wildman–Crippen LogP) is 18.4. The molecule has 0 saturated carbocycles. The van der Waals surface area contributed by atoms with E-state index in [0.29, 0.717) is 5.56 Å². The van der Waals surface area contributed by atoms with Gasteiger partial charge >= 0.3 is 0 Å². The van der Waals surface area contributed by atoms with Crippen molar-refractivity contribution in [3.05, 3.63) is 223 Å². The molecule has 0 aliphatic carbocycles. The Balaban J connectivity index is 0.000000265. The third kappa shape index (κ3) is 9.20. The minimum absolute atomic E-state index is 0. The van der Waals surface area contributed by atoms with E-state index in [2.05, 4.69) is 195 Å². The van der Waals surface area contributed by atoms with Crippen molar-refractivity contribution in [1.29, 1.82) is 0 Å². The average molecular weight is 1110 g/mol. The molecule has 0 N–H and O–H groups in total. The maximum Gasteiger partial charge on any atom is 0.129 e. The molecular formula is C67H57IrN3O-2. The van der Waals surface area contributed by atoms with E-state index in [-0.39, 0.29) is 31.9 Å². The van der Waals surface area contributed by atoms with Crippen LogP contribution in [0.25, 0.3) is 105 Å². The number of para-hydroxylation sites is 2. The van der Waals surface area contributed by atoms with E-state index in [9.17, 15) is 0 Å². The molecule has 72 heavy (non-hydrogen) atoms. The maximum atomic E-state index is 8.21. The average Bonchev–Trinajstić information content (AvgIpc) is 4.00. The molecule has 0 aliphatic rings. The van der Waals surface area contributed by atoms with Crippen LogP contribution in [0, 0.1) is 17.5 Å². The standard InChI is InChI=1S/C51H39N2O.C16H18N.Ir/c1-31(2)42-29-36(33-16-7-5-8-17-33)30-43(32(3)4)48(42)53-46-25-14-13-24-45(46)52-51(53)41-23-15-22-39-40-27-26-35-28-44(34-18-9-6-10-19-34)37-20-11-12-21-38(37)47(35)50(40)54-49(39)41;1-16(2,3)11-13-9-10-15(17-12-13)14-7-5-4-6-8-14;/h5-22,24-32H,1-4H3;4-7,9-10,12H,11H2,1-3H3;/q2*-1;/i;11D2;. The van der Waals surface area contributed by atoms with Gasteiger partial charge < -0.3 is 14.0 Å². The van der Waals surface area contributed by atoms with Crippen LogP contribution in [0.15, 0.2) is 199 Å². The molecule has 12 aromatic rings. The van der Waals surface area contributed by atoms with Gasteiger partial charge in [-0.1, -0.05) is 181 Å². The Bertz CT molecular complexity index is 3940. The number of furan rings is 1. The molecule has 4 nitrogen and oxygen atoms in total. The van der Waals surface area contributed by atoms with E-state index in [1.54, 1.807) is 6.20 Å². The van der Waals surface area contributed by atoms with Gasteiger partial charge in [0.1, 0.15) is 5.58 Å². The van der Waals surface area contributed by atoms with Crippen LogP contribution in [0.4, 0.5) is 0 Å². The summed E-state index contributed by atoms with van der Waals surface area (Å²) in [7, 11) is 0. The molecule has 1 radical (unpaired) electrons. The zero-order chi connectivity index (χ0) is 50.6. The van der Waals surface area contributed by atoms with E-state index >= 15 is 0 Å². The number of benzene rings is 9. The molecule has 0 saturated heterocycles. The largest absolute Gasteiger partial charge is 0.500 e. The van der Waals surface area contributed by atoms with Crippen molar-refractivity contribution in [1.82, 2.24) is 14.5 Å². The van der Waals surface area contributed by atoms with Crippen LogP contribution in [0.2, 0.25) is 0 Å². The molecule has 357 valence electrons. The molecule has 0 unspecified atom stereocenters. The van der Waals surface area contributed by atoms with Gasteiger partial charge in [0.25, 0.3) is 0 Å². The quantitative estimate of drug-likeness (QED) is 0.112. The van der Waals surface area contributed by atoms with Gasteiger partial charge in [0, 0.05) is 45.5 Å². The number of imidazole rings is 1. The van der Waals surface area contributed by atoms with Gasteiger partial charge in [-0.25, -0.2) is 0 Å². The monoisotopic (exact) mass is 1110 g/mol. The number of nitrogens with zero attached hydrogens (tertiary/aromatic N) is 3. The van der Waals surface area contributed by atoms with Crippen molar-refractivity contribution in [3.63, 3.8) is 0 Å². The minimum Gasteiger partial charge on any atom is -0.500 e. The maximum absolute atomic E-state index is 8.21. The first-order valence-electron chi connectivity index (χ1n) is 25.7. The Morgan fingerprint density at radius 3 is 1.92 bits per heavy atom. The predicted molar refractivity (Wildman–Crippen MR) is 298 cm³/mol. The smallest absolute Gasteiger partial charge is 0.129 e. The van der Waals surface area contributed by atoms with Crippen LogP contribution in [0.5, 0.6) is 0 Å². The first-order chi connectivity index (χ1) is 35.3.